The molecule has 3 N–H and O–H groups in total. The van der Waals surface area contributed by atoms with Gasteiger partial charge in [0, 0.05) is 24.3 Å². The van der Waals surface area contributed by atoms with Gasteiger partial charge in [0.25, 0.3) is 5.91 Å². The standard InChI is InChI=1S/C18H19N3O3/c1-24-15-6-2-12(3-7-15)11-20-18(23)21-14-5-4-13-8-9-19-17(22)16(13)10-14/h2-7,10H,8-9,11H2,1H3,(H,19,22)(H2,20,21,23). The first-order chi connectivity index (χ1) is 11.7. The van der Waals surface area contributed by atoms with Crippen LogP contribution >= 0.6 is 0 Å². The zero-order valence-electron chi connectivity index (χ0n) is 13.4. The highest BCUT2D eigenvalue weighted by Crippen LogP contribution is 2.19. The minimum absolute atomic E-state index is 0.0986. The van der Waals surface area contributed by atoms with Crippen LogP contribution in [0.4, 0.5) is 10.5 Å². The number of benzene rings is 2. The zero-order chi connectivity index (χ0) is 16.9. The van der Waals surface area contributed by atoms with Crippen molar-refractivity contribution in [3.63, 3.8) is 0 Å². The normalized spacial score (nSPS) is 12.8. The summed E-state index contributed by atoms with van der Waals surface area (Å²) in [5, 5.41) is 8.33. The second kappa shape index (κ2) is 7.04. The van der Waals surface area contributed by atoms with Crippen molar-refractivity contribution in [1.29, 1.82) is 0 Å². The van der Waals surface area contributed by atoms with Crippen molar-refractivity contribution in [3.05, 3.63) is 59.2 Å². The van der Waals surface area contributed by atoms with E-state index in [1.54, 1.807) is 13.2 Å². The van der Waals surface area contributed by atoms with Crippen LogP contribution < -0.4 is 20.7 Å². The summed E-state index contributed by atoms with van der Waals surface area (Å²) in [6.07, 6.45) is 0.811. The number of nitrogens with one attached hydrogen (secondary N) is 3. The number of fused-ring (bicyclic) bond motifs is 1. The van der Waals surface area contributed by atoms with Gasteiger partial charge in [-0.25, -0.2) is 4.79 Å². The second-order valence-corrected chi connectivity index (χ2v) is 5.53. The van der Waals surface area contributed by atoms with E-state index in [9.17, 15) is 9.59 Å². The first kappa shape index (κ1) is 15.9. The van der Waals surface area contributed by atoms with Gasteiger partial charge in [0.1, 0.15) is 5.75 Å². The van der Waals surface area contributed by atoms with Crippen LogP contribution in [0.25, 0.3) is 0 Å². The Bertz CT molecular complexity index is 757. The maximum Gasteiger partial charge on any atom is 0.319 e. The van der Waals surface area contributed by atoms with Crippen LogP contribution in [-0.2, 0) is 13.0 Å². The molecule has 0 saturated carbocycles. The Kier molecular flexibility index (Phi) is 4.65. The summed E-state index contributed by atoms with van der Waals surface area (Å²) in [5.74, 6) is 0.675. The molecular weight excluding hydrogens is 306 g/mol. The molecule has 0 spiro atoms. The minimum atomic E-state index is -0.318. The molecule has 24 heavy (non-hydrogen) atoms. The molecule has 1 aliphatic heterocycles. The third-order valence-electron chi connectivity index (χ3n) is 3.90. The molecule has 0 atom stereocenters. The molecule has 6 heteroatoms. The Hall–Kier alpha value is -3.02. The molecule has 0 aromatic heterocycles. The molecule has 1 heterocycles. The highest BCUT2D eigenvalue weighted by atomic mass is 16.5. The highest BCUT2D eigenvalue weighted by molar-refractivity contribution is 5.99. The summed E-state index contributed by atoms with van der Waals surface area (Å²) in [5.41, 5.74) is 3.19. The first-order valence-corrected chi connectivity index (χ1v) is 7.74. The molecule has 0 bridgehead atoms. The molecule has 3 amide bonds. The van der Waals surface area contributed by atoms with E-state index in [1.165, 1.54) is 0 Å². The molecule has 1 aliphatic rings. The highest BCUT2D eigenvalue weighted by Gasteiger charge is 2.17. The molecule has 0 radical (unpaired) electrons. The van der Waals surface area contributed by atoms with Gasteiger partial charge in [-0.3, -0.25) is 4.79 Å². The predicted octanol–water partition coefficient (Wildman–Crippen LogP) is 2.30. The van der Waals surface area contributed by atoms with Gasteiger partial charge in [-0.1, -0.05) is 18.2 Å². The molecule has 0 fully saturated rings. The van der Waals surface area contributed by atoms with Crippen LogP contribution in [-0.4, -0.2) is 25.6 Å². The van der Waals surface area contributed by atoms with Crippen LogP contribution in [0.5, 0.6) is 5.75 Å². The SMILES string of the molecule is COc1ccc(CNC(=O)Nc2ccc3c(c2)C(=O)NCC3)cc1. The van der Waals surface area contributed by atoms with Crippen LogP contribution in [0.2, 0.25) is 0 Å². The number of urea groups is 1. The Balaban J connectivity index is 1.58. The Morgan fingerprint density at radius 3 is 2.75 bits per heavy atom. The Labute approximate surface area is 140 Å². The smallest absolute Gasteiger partial charge is 0.319 e. The van der Waals surface area contributed by atoms with Crippen molar-refractivity contribution in [2.75, 3.05) is 19.0 Å². The minimum Gasteiger partial charge on any atom is -0.497 e. The Morgan fingerprint density at radius 2 is 2.00 bits per heavy atom. The fraction of sp³-hybridized carbons (Fsp3) is 0.222. The monoisotopic (exact) mass is 325 g/mol. The van der Waals surface area contributed by atoms with E-state index in [1.807, 2.05) is 36.4 Å². The van der Waals surface area contributed by atoms with E-state index in [0.29, 0.717) is 24.3 Å². The lowest BCUT2D eigenvalue weighted by Crippen LogP contribution is -2.32. The molecule has 0 aliphatic carbocycles. The number of ether oxygens (including phenoxy) is 1. The first-order valence-electron chi connectivity index (χ1n) is 7.74. The molecule has 6 nitrogen and oxygen atoms in total. The van der Waals surface area contributed by atoms with Crippen molar-refractivity contribution >= 4 is 17.6 Å². The Morgan fingerprint density at radius 1 is 1.21 bits per heavy atom. The topological polar surface area (TPSA) is 79.5 Å². The van der Waals surface area contributed by atoms with E-state index < -0.39 is 0 Å². The summed E-state index contributed by atoms with van der Waals surface area (Å²) < 4.78 is 5.10. The third-order valence-corrected chi connectivity index (χ3v) is 3.90. The fourth-order valence-electron chi connectivity index (χ4n) is 2.59. The van der Waals surface area contributed by atoms with Gasteiger partial charge in [-0.15, -0.1) is 0 Å². The molecule has 2 aromatic carbocycles. The van der Waals surface area contributed by atoms with E-state index in [0.717, 1.165) is 23.3 Å². The number of rotatable bonds is 4. The average Bonchev–Trinajstić information content (AvgIpc) is 2.61. The summed E-state index contributed by atoms with van der Waals surface area (Å²) in [7, 11) is 1.61. The maximum absolute atomic E-state index is 12.0. The number of hydrogen-bond acceptors (Lipinski definition) is 3. The van der Waals surface area contributed by atoms with E-state index >= 15 is 0 Å². The summed E-state index contributed by atoms with van der Waals surface area (Å²) in [6, 6.07) is 12.6. The van der Waals surface area contributed by atoms with Crippen molar-refractivity contribution in [1.82, 2.24) is 10.6 Å². The summed E-state index contributed by atoms with van der Waals surface area (Å²) in [4.78, 5) is 23.8. The number of amides is 3. The van der Waals surface area contributed by atoms with Crippen molar-refractivity contribution in [2.24, 2.45) is 0 Å². The average molecular weight is 325 g/mol. The van der Waals surface area contributed by atoms with Gasteiger partial charge in [0.2, 0.25) is 0 Å². The van der Waals surface area contributed by atoms with Crippen molar-refractivity contribution in [2.45, 2.75) is 13.0 Å². The zero-order valence-corrected chi connectivity index (χ0v) is 13.4. The molecule has 3 rings (SSSR count). The van der Waals surface area contributed by atoms with Gasteiger partial charge >= 0.3 is 6.03 Å². The lowest BCUT2D eigenvalue weighted by molar-refractivity contribution is 0.0946. The molecule has 0 saturated heterocycles. The number of hydrogen-bond donors (Lipinski definition) is 3. The number of anilines is 1. The van der Waals surface area contributed by atoms with Gasteiger partial charge in [-0.2, -0.15) is 0 Å². The summed E-state index contributed by atoms with van der Waals surface area (Å²) >= 11 is 0. The lowest BCUT2D eigenvalue weighted by atomic mass is 10.00. The van der Waals surface area contributed by atoms with Gasteiger partial charge < -0.3 is 20.7 Å². The molecule has 0 unspecified atom stereocenters. The fourth-order valence-corrected chi connectivity index (χ4v) is 2.59. The number of carbonyl (C=O) groups excluding carboxylic acids is 2. The van der Waals surface area contributed by atoms with E-state index in [-0.39, 0.29) is 11.9 Å². The number of carbonyl (C=O) groups is 2. The van der Waals surface area contributed by atoms with Crippen LogP contribution in [0.3, 0.4) is 0 Å². The van der Waals surface area contributed by atoms with Gasteiger partial charge in [0.05, 0.1) is 7.11 Å². The molecule has 124 valence electrons. The third kappa shape index (κ3) is 3.65. The summed E-state index contributed by atoms with van der Waals surface area (Å²) in [6.45, 7) is 1.06. The van der Waals surface area contributed by atoms with Crippen molar-refractivity contribution in [3.8, 4) is 5.75 Å². The second-order valence-electron chi connectivity index (χ2n) is 5.53. The van der Waals surface area contributed by atoms with Crippen molar-refractivity contribution < 1.29 is 14.3 Å². The lowest BCUT2D eigenvalue weighted by Gasteiger charge is -2.17. The maximum atomic E-state index is 12.0. The van der Waals surface area contributed by atoms with E-state index in [4.69, 9.17) is 4.74 Å². The van der Waals surface area contributed by atoms with E-state index in [2.05, 4.69) is 16.0 Å². The largest absolute Gasteiger partial charge is 0.497 e. The predicted molar refractivity (Wildman–Crippen MR) is 91.3 cm³/mol. The van der Waals surface area contributed by atoms with Gasteiger partial charge in [-0.05, 0) is 41.8 Å². The molecule has 2 aromatic rings. The van der Waals surface area contributed by atoms with Crippen LogP contribution in [0.1, 0.15) is 21.5 Å². The quantitative estimate of drug-likeness (QED) is 0.807. The van der Waals surface area contributed by atoms with Crippen LogP contribution in [0, 0.1) is 0 Å². The van der Waals surface area contributed by atoms with Crippen LogP contribution in [0.15, 0.2) is 42.5 Å². The van der Waals surface area contributed by atoms with Gasteiger partial charge in [0.15, 0.2) is 0 Å². The molecular formula is C18H19N3O3. The number of methoxy groups -OCH3 is 1.